The lowest BCUT2D eigenvalue weighted by Crippen LogP contribution is -2.46. The van der Waals surface area contributed by atoms with Gasteiger partial charge in [0, 0.05) is 24.5 Å². The van der Waals surface area contributed by atoms with Crippen LogP contribution in [0.25, 0.3) is 0 Å². The minimum atomic E-state index is 0.641. The summed E-state index contributed by atoms with van der Waals surface area (Å²) < 4.78 is 0. The summed E-state index contributed by atoms with van der Waals surface area (Å²) in [6.45, 7) is 7.52. The van der Waals surface area contributed by atoms with E-state index in [0.29, 0.717) is 12.0 Å². The summed E-state index contributed by atoms with van der Waals surface area (Å²) >= 11 is 0. The van der Waals surface area contributed by atoms with Gasteiger partial charge in [0.1, 0.15) is 0 Å². The highest BCUT2D eigenvalue weighted by molar-refractivity contribution is 5.12. The van der Waals surface area contributed by atoms with E-state index in [4.69, 9.17) is 0 Å². The van der Waals surface area contributed by atoms with Gasteiger partial charge >= 0.3 is 0 Å². The summed E-state index contributed by atoms with van der Waals surface area (Å²) in [4.78, 5) is 4.31. The van der Waals surface area contributed by atoms with E-state index in [1.54, 1.807) is 0 Å². The first-order chi connectivity index (χ1) is 7.75. The molecule has 2 unspecified atom stereocenters. The monoisotopic (exact) mass is 219 g/mol. The van der Waals surface area contributed by atoms with Crippen LogP contribution in [-0.2, 0) is 6.54 Å². The Balaban J connectivity index is 1.84. The molecule has 0 spiro atoms. The molecule has 0 amide bonds. The van der Waals surface area contributed by atoms with E-state index in [0.717, 1.165) is 25.3 Å². The van der Waals surface area contributed by atoms with E-state index in [9.17, 15) is 0 Å². The smallest absolute Gasteiger partial charge is 0.0372 e. The lowest BCUT2D eigenvalue weighted by molar-refractivity contribution is 0.295. The third kappa shape index (κ3) is 3.03. The molecule has 88 valence electrons. The molecule has 2 N–H and O–H groups in total. The van der Waals surface area contributed by atoms with E-state index in [-0.39, 0.29) is 0 Å². The van der Waals surface area contributed by atoms with Gasteiger partial charge in [0.2, 0.25) is 0 Å². The number of nitrogens with one attached hydrogen (secondary N) is 2. The van der Waals surface area contributed by atoms with E-state index in [1.807, 2.05) is 13.1 Å². The summed E-state index contributed by atoms with van der Waals surface area (Å²) in [6.07, 6.45) is 3.19. The van der Waals surface area contributed by atoms with Crippen LogP contribution >= 0.6 is 0 Å². The highest BCUT2D eigenvalue weighted by atomic mass is 15.0. The van der Waals surface area contributed by atoms with Crippen molar-refractivity contribution in [2.24, 2.45) is 5.92 Å². The normalized spacial score (nSPS) is 25.6. The van der Waals surface area contributed by atoms with Crippen LogP contribution in [0.15, 0.2) is 18.3 Å². The van der Waals surface area contributed by atoms with Gasteiger partial charge in [-0.2, -0.15) is 0 Å². The predicted octanol–water partition coefficient (Wildman–Crippen LogP) is 1.48. The molecule has 0 radical (unpaired) electrons. The van der Waals surface area contributed by atoms with E-state index in [1.165, 1.54) is 12.0 Å². The van der Waals surface area contributed by atoms with Gasteiger partial charge < -0.3 is 10.6 Å². The zero-order chi connectivity index (χ0) is 11.4. The molecule has 1 fully saturated rings. The molecule has 1 aromatic heterocycles. The second-order valence-electron chi connectivity index (χ2n) is 4.77. The fourth-order valence-corrected chi connectivity index (χ4v) is 2.17. The van der Waals surface area contributed by atoms with Crippen molar-refractivity contribution in [3.63, 3.8) is 0 Å². The molecule has 0 aromatic carbocycles. The van der Waals surface area contributed by atoms with Crippen LogP contribution in [0.1, 0.15) is 24.6 Å². The van der Waals surface area contributed by atoms with Gasteiger partial charge in [-0.15, -0.1) is 0 Å². The summed E-state index contributed by atoms with van der Waals surface area (Å²) in [5, 5.41) is 7.04. The number of aromatic nitrogens is 1. The molecule has 2 heterocycles. The maximum Gasteiger partial charge on any atom is 0.0372 e. The van der Waals surface area contributed by atoms with Gasteiger partial charge in [-0.1, -0.05) is 13.0 Å². The third-order valence-corrected chi connectivity index (χ3v) is 3.33. The molecule has 1 aliphatic rings. The van der Waals surface area contributed by atoms with Crippen LogP contribution in [0.5, 0.6) is 0 Å². The van der Waals surface area contributed by atoms with Crippen LogP contribution in [0, 0.1) is 12.8 Å². The van der Waals surface area contributed by atoms with Crippen LogP contribution in [0.4, 0.5) is 0 Å². The Labute approximate surface area is 97.7 Å². The van der Waals surface area contributed by atoms with Crippen molar-refractivity contribution in [2.75, 3.05) is 13.1 Å². The first-order valence-corrected chi connectivity index (χ1v) is 6.11. The van der Waals surface area contributed by atoms with Gasteiger partial charge in [-0.05, 0) is 44.0 Å². The highest BCUT2D eigenvalue weighted by Crippen LogP contribution is 2.11. The van der Waals surface area contributed by atoms with E-state index in [2.05, 4.69) is 34.7 Å². The Morgan fingerprint density at radius 1 is 1.50 bits per heavy atom. The topological polar surface area (TPSA) is 37.0 Å². The number of hydrogen-bond acceptors (Lipinski definition) is 3. The van der Waals surface area contributed by atoms with Gasteiger partial charge in [0.25, 0.3) is 0 Å². The standard InChI is InChI=1S/C13H21N3/c1-10-7-14-6-5-13(10)16-9-12-4-3-11(2)15-8-12/h3-4,8,10,13-14,16H,5-7,9H2,1-2H3. The van der Waals surface area contributed by atoms with Crippen molar-refractivity contribution in [3.05, 3.63) is 29.6 Å². The average molecular weight is 219 g/mol. The molecule has 2 rings (SSSR count). The molecule has 0 aliphatic carbocycles. The molecule has 1 aromatic rings. The number of piperidine rings is 1. The number of pyridine rings is 1. The van der Waals surface area contributed by atoms with Crippen molar-refractivity contribution in [1.82, 2.24) is 15.6 Å². The van der Waals surface area contributed by atoms with Crippen LogP contribution in [-0.4, -0.2) is 24.1 Å². The summed E-state index contributed by atoms with van der Waals surface area (Å²) in [5.74, 6) is 0.715. The zero-order valence-electron chi connectivity index (χ0n) is 10.2. The van der Waals surface area contributed by atoms with Crippen molar-refractivity contribution in [2.45, 2.75) is 32.9 Å². The first-order valence-electron chi connectivity index (χ1n) is 6.11. The third-order valence-electron chi connectivity index (χ3n) is 3.33. The minimum absolute atomic E-state index is 0.641. The summed E-state index contributed by atoms with van der Waals surface area (Å²) in [6, 6.07) is 4.87. The molecule has 16 heavy (non-hydrogen) atoms. The predicted molar refractivity (Wildman–Crippen MR) is 66.3 cm³/mol. The number of hydrogen-bond donors (Lipinski definition) is 2. The Kier molecular flexibility index (Phi) is 3.91. The molecular weight excluding hydrogens is 198 g/mol. The van der Waals surface area contributed by atoms with Crippen molar-refractivity contribution in [3.8, 4) is 0 Å². The van der Waals surface area contributed by atoms with Gasteiger partial charge in [-0.3, -0.25) is 4.98 Å². The van der Waals surface area contributed by atoms with Crippen molar-refractivity contribution in [1.29, 1.82) is 0 Å². The quantitative estimate of drug-likeness (QED) is 0.808. The fourth-order valence-electron chi connectivity index (χ4n) is 2.17. The second kappa shape index (κ2) is 5.41. The Bertz CT molecular complexity index is 320. The second-order valence-corrected chi connectivity index (χ2v) is 4.77. The Hall–Kier alpha value is -0.930. The number of rotatable bonds is 3. The minimum Gasteiger partial charge on any atom is -0.316 e. The SMILES string of the molecule is Cc1ccc(CNC2CCNCC2C)cn1. The van der Waals surface area contributed by atoms with E-state index >= 15 is 0 Å². The van der Waals surface area contributed by atoms with Crippen LogP contribution in [0.2, 0.25) is 0 Å². The van der Waals surface area contributed by atoms with Crippen LogP contribution < -0.4 is 10.6 Å². The number of nitrogens with zero attached hydrogens (tertiary/aromatic N) is 1. The largest absolute Gasteiger partial charge is 0.316 e. The average Bonchev–Trinajstić information content (AvgIpc) is 2.30. The molecular formula is C13H21N3. The molecule has 3 heteroatoms. The van der Waals surface area contributed by atoms with Gasteiger partial charge in [0.05, 0.1) is 0 Å². The fraction of sp³-hybridized carbons (Fsp3) is 0.615. The summed E-state index contributed by atoms with van der Waals surface area (Å²) in [5.41, 5.74) is 2.36. The van der Waals surface area contributed by atoms with Crippen LogP contribution in [0.3, 0.4) is 0 Å². The highest BCUT2D eigenvalue weighted by Gasteiger charge is 2.19. The molecule has 1 aliphatic heterocycles. The van der Waals surface area contributed by atoms with Crippen molar-refractivity contribution >= 4 is 0 Å². The summed E-state index contributed by atoms with van der Waals surface area (Å²) in [7, 11) is 0. The molecule has 2 atom stereocenters. The lowest BCUT2D eigenvalue weighted by atomic mass is 9.95. The maximum atomic E-state index is 4.31. The van der Waals surface area contributed by atoms with Gasteiger partial charge in [0.15, 0.2) is 0 Å². The van der Waals surface area contributed by atoms with E-state index < -0.39 is 0 Å². The maximum absolute atomic E-state index is 4.31. The molecule has 0 saturated carbocycles. The Morgan fingerprint density at radius 2 is 2.38 bits per heavy atom. The van der Waals surface area contributed by atoms with Gasteiger partial charge in [-0.25, -0.2) is 0 Å². The molecule has 1 saturated heterocycles. The molecule has 0 bridgehead atoms. The first kappa shape index (κ1) is 11.6. The zero-order valence-corrected chi connectivity index (χ0v) is 10.2. The van der Waals surface area contributed by atoms with Crippen molar-refractivity contribution < 1.29 is 0 Å². The Morgan fingerprint density at radius 3 is 3.06 bits per heavy atom. The number of aryl methyl sites for hydroxylation is 1. The lowest BCUT2D eigenvalue weighted by Gasteiger charge is -2.30. The molecule has 3 nitrogen and oxygen atoms in total.